The molecule has 0 saturated carbocycles. The summed E-state index contributed by atoms with van der Waals surface area (Å²) in [6.07, 6.45) is 3.42. The molecule has 28 heavy (non-hydrogen) atoms. The minimum absolute atomic E-state index is 0.0920. The van der Waals surface area contributed by atoms with Crippen molar-refractivity contribution in [3.8, 4) is 22.0 Å². The molecule has 0 radical (unpaired) electrons. The predicted molar refractivity (Wildman–Crippen MR) is 110 cm³/mol. The van der Waals surface area contributed by atoms with Crippen LogP contribution in [-0.4, -0.2) is 27.0 Å². The van der Waals surface area contributed by atoms with E-state index < -0.39 is 5.91 Å². The van der Waals surface area contributed by atoms with E-state index in [0.717, 1.165) is 21.8 Å². The average Bonchev–Trinajstić information content (AvgIpc) is 3.39. The van der Waals surface area contributed by atoms with Gasteiger partial charge in [-0.25, -0.2) is 10.1 Å². The molecule has 0 saturated heterocycles. The zero-order valence-corrected chi connectivity index (χ0v) is 15.5. The Morgan fingerprint density at radius 2 is 1.86 bits per heavy atom. The van der Waals surface area contributed by atoms with E-state index in [2.05, 4.69) is 15.6 Å². The van der Waals surface area contributed by atoms with Crippen LogP contribution in [0.1, 0.15) is 15.9 Å². The summed E-state index contributed by atoms with van der Waals surface area (Å²) < 4.78 is 1.79. The van der Waals surface area contributed by atoms with Gasteiger partial charge in [0.15, 0.2) is 0 Å². The van der Waals surface area contributed by atoms with Crippen LogP contribution in [-0.2, 0) is 0 Å². The molecular weight excluding hydrogens is 372 g/mol. The second-order valence-corrected chi connectivity index (χ2v) is 6.84. The van der Waals surface area contributed by atoms with Crippen molar-refractivity contribution in [3.05, 3.63) is 89.4 Å². The molecule has 0 aliphatic heterocycles. The van der Waals surface area contributed by atoms with Gasteiger partial charge in [0.05, 0.1) is 11.8 Å². The fraction of sp³-hybridized carbons (Fsp3) is 0. The lowest BCUT2D eigenvalue weighted by Gasteiger charge is -2.02. The number of hydrogen-bond acceptors (Lipinski definition) is 5. The summed E-state index contributed by atoms with van der Waals surface area (Å²) in [5.74, 6) is -0.577. The highest BCUT2D eigenvalue weighted by Crippen LogP contribution is 2.24. The van der Waals surface area contributed by atoms with E-state index in [4.69, 9.17) is 0 Å². The highest BCUT2D eigenvalue weighted by atomic mass is 32.1. The lowest BCUT2D eigenvalue weighted by molar-refractivity contribution is 0.0952. The van der Waals surface area contributed by atoms with Gasteiger partial charge in [-0.1, -0.05) is 42.5 Å². The third-order valence-electron chi connectivity index (χ3n) is 4.04. The first-order valence-electron chi connectivity index (χ1n) is 8.53. The summed E-state index contributed by atoms with van der Waals surface area (Å²) in [6.45, 7) is 0. The smallest absolute Gasteiger partial charge is 0.275 e. The fourth-order valence-electron chi connectivity index (χ4n) is 2.70. The Labute approximate surface area is 165 Å². The number of para-hydroxylation sites is 1. The molecule has 0 atom stereocenters. The number of carbonyl (C=O) groups is 1. The first-order valence-corrected chi connectivity index (χ1v) is 9.41. The number of nitrogens with zero attached hydrogens (tertiary/aromatic N) is 3. The van der Waals surface area contributed by atoms with Gasteiger partial charge in [0.1, 0.15) is 16.4 Å². The molecule has 6 nitrogen and oxygen atoms in total. The first kappa shape index (κ1) is 17.7. The largest absolute Gasteiger partial charge is 0.507 e. The van der Waals surface area contributed by atoms with Crippen LogP contribution in [0.15, 0.2) is 83.4 Å². The lowest BCUT2D eigenvalue weighted by Crippen LogP contribution is -2.17. The van der Waals surface area contributed by atoms with E-state index in [9.17, 15) is 9.90 Å². The zero-order valence-electron chi connectivity index (χ0n) is 14.7. The number of nitrogens with one attached hydrogen (secondary N) is 1. The normalized spacial score (nSPS) is 11.0. The quantitative estimate of drug-likeness (QED) is 0.399. The maximum atomic E-state index is 12.2. The van der Waals surface area contributed by atoms with Crippen molar-refractivity contribution in [2.45, 2.75) is 0 Å². The second kappa shape index (κ2) is 7.89. The van der Waals surface area contributed by atoms with Crippen molar-refractivity contribution in [1.82, 2.24) is 15.2 Å². The molecular formula is C21H16N4O2S. The van der Waals surface area contributed by atoms with Crippen molar-refractivity contribution in [3.63, 3.8) is 0 Å². The number of rotatable bonds is 5. The van der Waals surface area contributed by atoms with Crippen molar-refractivity contribution in [1.29, 1.82) is 0 Å². The van der Waals surface area contributed by atoms with Crippen molar-refractivity contribution in [2.24, 2.45) is 5.10 Å². The van der Waals surface area contributed by atoms with Crippen LogP contribution in [0, 0.1) is 0 Å². The fourth-order valence-corrected chi connectivity index (χ4v) is 3.36. The van der Waals surface area contributed by atoms with E-state index in [1.165, 1.54) is 12.1 Å². The number of amides is 1. The molecule has 0 aliphatic carbocycles. The van der Waals surface area contributed by atoms with Crippen molar-refractivity contribution >= 4 is 23.5 Å². The van der Waals surface area contributed by atoms with Gasteiger partial charge >= 0.3 is 0 Å². The number of phenols is 1. The Kier molecular flexibility index (Phi) is 4.99. The monoisotopic (exact) mass is 388 g/mol. The Bertz CT molecular complexity index is 1120. The standard InChI is InChI=1S/C21H16N4O2S/c26-18-10-5-4-9-17(18)21(27)23-22-13-16-14-25(19-11-6-12-28-19)24-20(16)15-7-2-1-3-8-15/h1-14,26H,(H,23,27). The molecule has 0 fully saturated rings. The van der Waals surface area contributed by atoms with Crippen LogP contribution in [0.3, 0.4) is 0 Å². The summed E-state index contributed by atoms with van der Waals surface area (Å²) in [6, 6.07) is 20.0. The molecule has 1 amide bonds. The third kappa shape index (κ3) is 3.70. The van der Waals surface area contributed by atoms with Crippen molar-refractivity contribution < 1.29 is 9.90 Å². The van der Waals surface area contributed by atoms with Gasteiger partial charge in [-0.3, -0.25) is 4.79 Å². The van der Waals surface area contributed by atoms with E-state index in [1.807, 2.05) is 54.0 Å². The van der Waals surface area contributed by atoms with Crippen molar-refractivity contribution in [2.75, 3.05) is 0 Å². The molecule has 2 aromatic carbocycles. The molecule has 0 bridgehead atoms. The maximum absolute atomic E-state index is 12.2. The highest BCUT2D eigenvalue weighted by molar-refractivity contribution is 7.12. The molecule has 2 aromatic heterocycles. The number of hydrogen-bond donors (Lipinski definition) is 2. The summed E-state index contributed by atoms with van der Waals surface area (Å²) in [5, 5.41) is 21.5. The number of thiophene rings is 1. The lowest BCUT2D eigenvalue weighted by atomic mass is 10.1. The van der Waals surface area contributed by atoms with E-state index >= 15 is 0 Å². The second-order valence-electron chi connectivity index (χ2n) is 5.91. The number of carbonyl (C=O) groups excluding carboxylic acids is 1. The number of benzene rings is 2. The van der Waals surface area contributed by atoms with Crippen LogP contribution < -0.4 is 5.43 Å². The Hall–Kier alpha value is -3.71. The number of phenolic OH excluding ortho intramolecular Hbond substituents is 1. The van der Waals surface area contributed by atoms with E-state index in [-0.39, 0.29) is 11.3 Å². The van der Waals surface area contributed by atoms with Crippen LogP contribution in [0.4, 0.5) is 0 Å². The summed E-state index contributed by atoms with van der Waals surface area (Å²) in [7, 11) is 0. The first-order chi connectivity index (χ1) is 13.7. The van der Waals surface area contributed by atoms with Crippen LogP contribution >= 0.6 is 11.3 Å². The zero-order chi connectivity index (χ0) is 19.3. The van der Waals surface area contributed by atoms with Gasteiger partial charge in [0.25, 0.3) is 5.91 Å². The number of aromatic hydroxyl groups is 1. The summed E-state index contributed by atoms with van der Waals surface area (Å²) >= 11 is 1.58. The minimum atomic E-state index is -0.485. The Morgan fingerprint density at radius 3 is 2.61 bits per heavy atom. The topological polar surface area (TPSA) is 79.5 Å². The van der Waals surface area contributed by atoms with Gasteiger partial charge in [0.2, 0.25) is 0 Å². The van der Waals surface area contributed by atoms with Crippen LogP contribution in [0.25, 0.3) is 16.3 Å². The molecule has 4 aromatic rings. The van der Waals surface area contributed by atoms with Crippen LogP contribution in [0.5, 0.6) is 5.75 Å². The maximum Gasteiger partial charge on any atom is 0.275 e. The molecule has 7 heteroatoms. The summed E-state index contributed by atoms with van der Waals surface area (Å²) in [5.41, 5.74) is 5.08. The van der Waals surface area contributed by atoms with Gasteiger partial charge in [-0.05, 0) is 29.6 Å². The van der Waals surface area contributed by atoms with Gasteiger partial charge < -0.3 is 5.11 Å². The SMILES string of the molecule is O=C(NN=Cc1cn(-c2cccs2)nc1-c1ccccc1)c1ccccc1O. The van der Waals surface area contributed by atoms with E-state index in [0.29, 0.717) is 0 Å². The Morgan fingerprint density at radius 1 is 1.07 bits per heavy atom. The minimum Gasteiger partial charge on any atom is -0.507 e. The average molecular weight is 388 g/mol. The van der Waals surface area contributed by atoms with Gasteiger partial charge in [0, 0.05) is 17.3 Å². The number of aromatic nitrogens is 2. The molecule has 138 valence electrons. The van der Waals surface area contributed by atoms with Gasteiger partial charge in [-0.2, -0.15) is 10.2 Å². The molecule has 2 heterocycles. The molecule has 0 aliphatic rings. The summed E-state index contributed by atoms with van der Waals surface area (Å²) in [4.78, 5) is 12.2. The molecule has 4 rings (SSSR count). The van der Waals surface area contributed by atoms with Crippen LogP contribution in [0.2, 0.25) is 0 Å². The molecule has 0 spiro atoms. The van der Waals surface area contributed by atoms with E-state index in [1.54, 1.807) is 34.4 Å². The molecule has 0 unspecified atom stereocenters. The highest BCUT2D eigenvalue weighted by Gasteiger charge is 2.12. The number of hydrazone groups is 1. The molecule has 2 N–H and O–H groups in total. The third-order valence-corrected chi connectivity index (χ3v) is 4.90. The predicted octanol–water partition coefficient (Wildman–Crippen LogP) is 4.07. The Balaban J connectivity index is 1.62. The van der Waals surface area contributed by atoms with Gasteiger partial charge in [-0.15, -0.1) is 11.3 Å².